The molecule has 0 aliphatic heterocycles. The summed E-state index contributed by atoms with van der Waals surface area (Å²) in [6.45, 7) is 6.58. The molecule has 0 saturated carbocycles. The molecule has 0 fully saturated rings. The lowest BCUT2D eigenvalue weighted by atomic mass is 10.1. The molecule has 2 aromatic rings. The first-order chi connectivity index (χ1) is 13.1. The normalized spacial score (nSPS) is 10.6. The van der Waals surface area contributed by atoms with Crippen LogP contribution in [0.4, 0.5) is 0 Å². The van der Waals surface area contributed by atoms with E-state index in [1.165, 1.54) is 11.1 Å². The van der Waals surface area contributed by atoms with E-state index in [0.29, 0.717) is 25.2 Å². The fourth-order valence-corrected chi connectivity index (χ4v) is 2.49. The topological polar surface area (TPSA) is 74.8 Å². The van der Waals surface area contributed by atoms with Crippen molar-refractivity contribution >= 4 is 35.8 Å². The SMILES string of the molecule is CCNC(=NCc1ccccc1C)NCCNC(=O)c1ccc(OC)cc1.I. The van der Waals surface area contributed by atoms with Gasteiger partial charge in [0.05, 0.1) is 13.7 Å². The van der Waals surface area contributed by atoms with Gasteiger partial charge in [0.1, 0.15) is 5.75 Å². The van der Waals surface area contributed by atoms with Crippen molar-refractivity contribution in [2.45, 2.75) is 20.4 Å². The summed E-state index contributed by atoms with van der Waals surface area (Å²) in [4.78, 5) is 16.7. The van der Waals surface area contributed by atoms with Crippen molar-refractivity contribution in [1.29, 1.82) is 0 Å². The molecule has 1 amide bonds. The summed E-state index contributed by atoms with van der Waals surface area (Å²) >= 11 is 0. The highest BCUT2D eigenvalue weighted by atomic mass is 127. The molecule has 7 heteroatoms. The lowest BCUT2D eigenvalue weighted by Gasteiger charge is -2.12. The minimum absolute atomic E-state index is 0. The number of halogens is 1. The van der Waals surface area contributed by atoms with Crippen LogP contribution in [-0.2, 0) is 6.54 Å². The Hall–Kier alpha value is -2.29. The van der Waals surface area contributed by atoms with E-state index in [1.54, 1.807) is 31.4 Å². The Labute approximate surface area is 184 Å². The maximum Gasteiger partial charge on any atom is 0.251 e. The van der Waals surface area contributed by atoms with Gasteiger partial charge in [-0.15, -0.1) is 24.0 Å². The number of hydrogen-bond donors (Lipinski definition) is 3. The highest BCUT2D eigenvalue weighted by molar-refractivity contribution is 14.0. The predicted molar refractivity (Wildman–Crippen MR) is 125 cm³/mol. The average molecular weight is 496 g/mol. The number of guanidine groups is 1. The number of amides is 1. The first-order valence-corrected chi connectivity index (χ1v) is 9.13. The molecule has 6 nitrogen and oxygen atoms in total. The summed E-state index contributed by atoms with van der Waals surface area (Å²) in [5, 5.41) is 9.35. The molecule has 3 N–H and O–H groups in total. The van der Waals surface area contributed by atoms with E-state index in [0.717, 1.165) is 18.3 Å². The molecule has 0 radical (unpaired) electrons. The third kappa shape index (κ3) is 7.75. The number of rotatable bonds is 8. The van der Waals surface area contributed by atoms with E-state index in [2.05, 4.69) is 40.0 Å². The lowest BCUT2D eigenvalue weighted by molar-refractivity contribution is 0.0954. The van der Waals surface area contributed by atoms with Gasteiger partial charge < -0.3 is 20.7 Å². The Bertz CT molecular complexity index is 763. The molecule has 0 aromatic heterocycles. The van der Waals surface area contributed by atoms with E-state index >= 15 is 0 Å². The quantitative estimate of drug-likeness (QED) is 0.227. The van der Waals surface area contributed by atoms with Crippen LogP contribution in [0.3, 0.4) is 0 Å². The van der Waals surface area contributed by atoms with Crippen LogP contribution in [0.2, 0.25) is 0 Å². The largest absolute Gasteiger partial charge is 0.497 e. The van der Waals surface area contributed by atoms with Crippen LogP contribution < -0.4 is 20.7 Å². The number of aryl methyl sites for hydroxylation is 1. The van der Waals surface area contributed by atoms with E-state index < -0.39 is 0 Å². The average Bonchev–Trinajstić information content (AvgIpc) is 2.70. The van der Waals surface area contributed by atoms with Crippen molar-refractivity contribution < 1.29 is 9.53 Å². The third-order valence-corrected chi connectivity index (χ3v) is 4.07. The molecule has 28 heavy (non-hydrogen) atoms. The van der Waals surface area contributed by atoms with E-state index in [9.17, 15) is 4.79 Å². The molecule has 0 heterocycles. The van der Waals surface area contributed by atoms with Crippen LogP contribution in [0.25, 0.3) is 0 Å². The molecule has 0 aliphatic carbocycles. The lowest BCUT2D eigenvalue weighted by Crippen LogP contribution is -2.41. The van der Waals surface area contributed by atoms with Gasteiger partial charge in [0, 0.05) is 25.2 Å². The second kappa shape index (κ2) is 13.0. The fourth-order valence-electron chi connectivity index (χ4n) is 2.49. The van der Waals surface area contributed by atoms with E-state index in [4.69, 9.17) is 4.74 Å². The molecule has 2 rings (SSSR count). The number of carbonyl (C=O) groups is 1. The van der Waals surface area contributed by atoms with Crippen molar-refractivity contribution in [3.8, 4) is 5.75 Å². The summed E-state index contributed by atoms with van der Waals surface area (Å²) in [7, 11) is 1.60. The van der Waals surface area contributed by atoms with Crippen LogP contribution in [0, 0.1) is 6.92 Å². The Morgan fingerprint density at radius 1 is 1.00 bits per heavy atom. The monoisotopic (exact) mass is 496 g/mol. The smallest absolute Gasteiger partial charge is 0.251 e. The van der Waals surface area contributed by atoms with Gasteiger partial charge in [0.2, 0.25) is 0 Å². The van der Waals surface area contributed by atoms with Crippen LogP contribution in [0.1, 0.15) is 28.4 Å². The van der Waals surface area contributed by atoms with Gasteiger partial charge in [-0.05, 0) is 49.2 Å². The van der Waals surface area contributed by atoms with Crippen LogP contribution in [0.5, 0.6) is 5.75 Å². The number of carbonyl (C=O) groups excluding carboxylic acids is 1. The summed E-state index contributed by atoms with van der Waals surface area (Å²) in [6.07, 6.45) is 0. The van der Waals surface area contributed by atoms with Gasteiger partial charge >= 0.3 is 0 Å². The van der Waals surface area contributed by atoms with E-state index in [1.807, 2.05) is 19.1 Å². The maximum absolute atomic E-state index is 12.1. The minimum atomic E-state index is -0.110. The van der Waals surface area contributed by atoms with Crippen LogP contribution >= 0.6 is 24.0 Å². The first kappa shape index (κ1) is 23.7. The number of methoxy groups -OCH3 is 1. The molecule has 2 aromatic carbocycles. The molecule has 152 valence electrons. The Morgan fingerprint density at radius 2 is 1.68 bits per heavy atom. The minimum Gasteiger partial charge on any atom is -0.497 e. The van der Waals surface area contributed by atoms with Gasteiger partial charge in [-0.25, -0.2) is 4.99 Å². The molecule has 0 spiro atoms. The maximum atomic E-state index is 12.1. The van der Waals surface area contributed by atoms with E-state index in [-0.39, 0.29) is 29.9 Å². The molecule has 0 atom stereocenters. The Kier molecular flexibility index (Phi) is 11.0. The first-order valence-electron chi connectivity index (χ1n) is 9.13. The number of benzene rings is 2. The van der Waals surface area contributed by atoms with Crippen molar-refractivity contribution in [1.82, 2.24) is 16.0 Å². The summed E-state index contributed by atoms with van der Waals surface area (Å²) in [5.41, 5.74) is 3.03. The number of aliphatic imine (C=N–C) groups is 1. The number of nitrogens with zero attached hydrogens (tertiary/aromatic N) is 1. The van der Waals surface area contributed by atoms with Gasteiger partial charge in [-0.3, -0.25) is 4.79 Å². The van der Waals surface area contributed by atoms with Crippen LogP contribution in [0.15, 0.2) is 53.5 Å². The highest BCUT2D eigenvalue weighted by Crippen LogP contribution is 2.11. The zero-order valence-electron chi connectivity index (χ0n) is 16.6. The summed E-state index contributed by atoms with van der Waals surface area (Å²) < 4.78 is 5.10. The highest BCUT2D eigenvalue weighted by Gasteiger charge is 2.05. The number of nitrogens with one attached hydrogen (secondary N) is 3. The van der Waals surface area contributed by atoms with Crippen molar-refractivity contribution in [2.24, 2.45) is 4.99 Å². The molecule has 0 unspecified atom stereocenters. The standard InChI is InChI=1S/C21H28N4O2.HI/c1-4-22-21(25-15-18-8-6-5-7-16(18)2)24-14-13-23-20(26)17-9-11-19(27-3)12-10-17;/h5-12H,4,13-15H2,1-3H3,(H,23,26)(H2,22,24,25);1H. The molecule has 0 saturated heterocycles. The number of hydrogen-bond acceptors (Lipinski definition) is 3. The molecule has 0 bridgehead atoms. The Morgan fingerprint density at radius 3 is 2.32 bits per heavy atom. The fraction of sp³-hybridized carbons (Fsp3) is 0.333. The van der Waals surface area contributed by atoms with Gasteiger partial charge in [-0.2, -0.15) is 0 Å². The molecular weight excluding hydrogens is 467 g/mol. The van der Waals surface area contributed by atoms with Crippen molar-refractivity contribution in [3.63, 3.8) is 0 Å². The predicted octanol–water partition coefficient (Wildman–Crippen LogP) is 3.11. The number of ether oxygens (including phenoxy) is 1. The second-order valence-corrected chi connectivity index (χ2v) is 6.03. The third-order valence-electron chi connectivity index (χ3n) is 4.07. The van der Waals surface area contributed by atoms with Gasteiger partial charge in [0.25, 0.3) is 5.91 Å². The molecular formula is C21H29IN4O2. The van der Waals surface area contributed by atoms with Gasteiger partial charge in [-0.1, -0.05) is 24.3 Å². The van der Waals surface area contributed by atoms with Crippen molar-refractivity contribution in [3.05, 3.63) is 65.2 Å². The van der Waals surface area contributed by atoms with Crippen molar-refractivity contribution in [2.75, 3.05) is 26.7 Å². The zero-order chi connectivity index (χ0) is 19.5. The van der Waals surface area contributed by atoms with Crippen LogP contribution in [-0.4, -0.2) is 38.6 Å². The van der Waals surface area contributed by atoms with Gasteiger partial charge in [0.15, 0.2) is 5.96 Å². The second-order valence-electron chi connectivity index (χ2n) is 6.03. The zero-order valence-corrected chi connectivity index (χ0v) is 18.9. The Balaban J connectivity index is 0.00000392. The summed E-state index contributed by atoms with van der Waals surface area (Å²) in [5.74, 6) is 1.36. The summed E-state index contributed by atoms with van der Waals surface area (Å²) in [6, 6.07) is 15.2. The molecule has 0 aliphatic rings.